The second kappa shape index (κ2) is 9.69. The molecule has 0 radical (unpaired) electrons. The van der Waals surface area contributed by atoms with Crippen LogP contribution in [0.2, 0.25) is 0 Å². The minimum atomic E-state index is -0.539. The van der Waals surface area contributed by atoms with E-state index in [1.54, 1.807) is 38.2 Å². The molecule has 0 aromatic heterocycles. The lowest BCUT2D eigenvalue weighted by Crippen LogP contribution is -2.42. The summed E-state index contributed by atoms with van der Waals surface area (Å²) < 4.78 is 0. The molecule has 0 heterocycles. The van der Waals surface area contributed by atoms with Crippen LogP contribution in [0.3, 0.4) is 0 Å². The van der Waals surface area contributed by atoms with Gasteiger partial charge in [0.25, 0.3) is 0 Å². The number of carbonyl (C=O) groups is 3. The van der Waals surface area contributed by atoms with Gasteiger partial charge in [-0.1, -0.05) is 37.3 Å². The molecule has 6 nitrogen and oxygen atoms in total. The molecule has 2 aromatic carbocycles. The number of anilines is 2. The summed E-state index contributed by atoms with van der Waals surface area (Å²) in [5.74, 6) is -0.501. The van der Waals surface area contributed by atoms with Crippen LogP contribution in [0.15, 0.2) is 48.5 Å². The molecule has 2 rings (SSSR count). The van der Waals surface area contributed by atoms with Gasteiger partial charge in [0.1, 0.15) is 6.04 Å². The molecule has 0 saturated carbocycles. The van der Waals surface area contributed by atoms with Gasteiger partial charge in [-0.25, -0.2) is 0 Å². The molecule has 2 N–H and O–H groups in total. The molecule has 0 spiro atoms. The van der Waals surface area contributed by atoms with Crippen LogP contribution >= 0.6 is 0 Å². The van der Waals surface area contributed by atoms with Crippen molar-refractivity contribution in [3.05, 3.63) is 59.7 Å². The molecule has 28 heavy (non-hydrogen) atoms. The van der Waals surface area contributed by atoms with Crippen LogP contribution in [-0.2, 0) is 16.0 Å². The normalized spacial score (nSPS) is 11.4. The molecular formula is C22H27N3O3. The highest BCUT2D eigenvalue weighted by Crippen LogP contribution is 2.16. The Bertz CT molecular complexity index is 864. The number of nitrogens with one attached hydrogen (secondary N) is 2. The average molecular weight is 381 g/mol. The lowest BCUT2D eigenvalue weighted by molar-refractivity contribution is -0.133. The van der Waals surface area contributed by atoms with Crippen molar-refractivity contribution in [2.45, 2.75) is 33.2 Å². The van der Waals surface area contributed by atoms with Gasteiger partial charge in [0, 0.05) is 24.0 Å². The molecule has 0 aliphatic heterocycles. The van der Waals surface area contributed by atoms with Gasteiger partial charge in [-0.15, -0.1) is 0 Å². The summed E-state index contributed by atoms with van der Waals surface area (Å²) in [5, 5.41) is 5.95. The fourth-order valence-electron chi connectivity index (χ4n) is 2.90. The van der Waals surface area contributed by atoms with Crippen LogP contribution in [-0.4, -0.2) is 42.1 Å². The van der Waals surface area contributed by atoms with Crippen LogP contribution < -0.4 is 10.6 Å². The number of hydrogen-bond acceptors (Lipinski definition) is 4. The molecule has 0 aliphatic carbocycles. The lowest BCUT2D eigenvalue weighted by Gasteiger charge is -2.22. The zero-order chi connectivity index (χ0) is 20.7. The van der Waals surface area contributed by atoms with Crippen molar-refractivity contribution in [3.63, 3.8) is 0 Å². The summed E-state index contributed by atoms with van der Waals surface area (Å²) in [4.78, 5) is 37.8. The van der Waals surface area contributed by atoms with Crippen molar-refractivity contribution in [1.29, 1.82) is 0 Å². The van der Waals surface area contributed by atoms with E-state index in [1.807, 2.05) is 31.2 Å². The maximum absolute atomic E-state index is 12.6. The highest BCUT2D eigenvalue weighted by Gasteiger charge is 2.20. The van der Waals surface area contributed by atoms with E-state index in [9.17, 15) is 14.4 Å². The van der Waals surface area contributed by atoms with Crippen LogP contribution in [0, 0.1) is 0 Å². The molecule has 1 atom stereocenters. The minimum absolute atomic E-state index is 0.0382. The predicted octanol–water partition coefficient (Wildman–Crippen LogP) is 3.35. The topological polar surface area (TPSA) is 78.5 Å². The quantitative estimate of drug-likeness (QED) is 0.688. The number of ketones is 1. The molecule has 0 fully saturated rings. The van der Waals surface area contributed by atoms with Crippen LogP contribution in [0.5, 0.6) is 0 Å². The van der Waals surface area contributed by atoms with Gasteiger partial charge in [0.15, 0.2) is 5.78 Å². The summed E-state index contributed by atoms with van der Waals surface area (Å²) in [5.41, 5.74) is 3.07. The van der Waals surface area contributed by atoms with Gasteiger partial charge in [-0.05, 0) is 44.0 Å². The number of amides is 2. The predicted molar refractivity (Wildman–Crippen MR) is 112 cm³/mol. The Balaban J connectivity index is 1.94. The molecular weight excluding hydrogens is 354 g/mol. The fourth-order valence-corrected chi connectivity index (χ4v) is 2.90. The summed E-state index contributed by atoms with van der Waals surface area (Å²) in [7, 11) is 1.60. The summed E-state index contributed by atoms with van der Waals surface area (Å²) >= 11 is 0. The molecule has 0 saturated heterocycles. The van der Waals surface area contributed by atoms with E-state index in [2.05, 4.69) is 10.6 Å². The first-order valence-electron chi connectivity index (χ1n) is 9.32. The number of rotatable bonds is 8. The maximum atomic E-state index is 12.6. The molecule has 148 valence electrons. The maximum Gasteiger partial charge on any atom is 0.244 e. The number of nitrogens with zero attached hydrogens (tertiary/aromatic N) is 1. The van der Waals surface area contributed by atoms with Crippen molar-refractivity contribution < 1.29 is 14.4 Å². The van der Waals surface area contributed by atoms with Gasteiger partial charge in [-0.3, -0.25) is 14.4 Å². The first kappa shape index (κ1) is 21.2. The zero-order valence-electron chi connectivity index (χ0n) is 16.8. The van der Waals surface area contributed by atoms with Crippen LogP contribution in [0.4, 0.5) is 11.4 Å². The van der Waals surface area contributed by atoms with Crippen LogP contribution in [0.25, 0.3) is 0 Å². The lowest BCUT2D eigenvalue weighted by atomic mass is 10.1. The third-order valence-electron chi connectivity index (χ3n) is 4.45. The van der Waals surface area contributed by atoms with Crippen molar-refractivity contribution in [2.75, 3.05) is 24.2 Å². The van der Waals surface area contributed by atoms with Crippen molar-refractivity contribution in [3.8, 4) is 0 Å². The van der Waals surface area contributed by atoms with E-state index >= 15 is 0 Å². The average Bonchev–Trinajstić information content (AvgIpc) is 2.67. The molecule has 0 bridgehead atoms. The first-order chi connectivity index (χ1) is 13.3. The molecule has 2 amide bonds. The third-order valence-corrected chi connectivity index (χ3v) is 4.45. The monoisotopic (exact) mass is 381 g/mol. The Kier molecular flexibility index (Phi) is 7.32. The summed E-state index contributed by atoms with van der Waals surface area (Å²) in [6, 6.07) is 14.1. The molecule has 0 unspecified atom stereocenters. The second-order valence-corrected chi connectivity index (χ2v) is 6.76. The highest BCUT2D eigenvalue weighted by molar-refractivity contribution is 5.97. The Morgan fingerprint density at radius 1 is 1.07 bits per heavy atom. The molecule has 6 heteroatoms. The van der Waals surface area contributed by atoms with E-state index in [-0.39, 0.29) is 24.1 Å². The number of hydrogen-bond donors (Lipinski definition) is 2. The van der Waals surface area contributed by atoms with Gasteiger partial charge in [0.2, 0.25) is 11.8 Å². The zero-order valence-corrected chi connectivity index (χ0v) is 16.8. The van der Waals surface area contributed by atoms with Gasteiger partial charge >= 0.3 is 0 Å². The Morgan fingerprint density at radius 2 is 1.79 bits per heavy atom. The van der Waals surface area contributed by atoms with Crippen molar-refractivity contribution >= 4 is 29.0 Å². The Hall–Kier alpha value is -3.15. The third kappa shape index (κ3) is 5.67. The summed E-state index contributed by atoms with van der Waals surface area (Å²) in [6.45, 7) is 5.20. The second-order valence-electron chi connectivity index (χ2n) is 6.76. The van der Waals surface area contributed by atoms with Gasteiger partial charge < -0.3 is 15.5 Å². The van der Waals surface area contributed by atoms with Gasteiger partial charge in [0.05, 0.1) is 6.54 Å². The Morgan fingerprint density at radius 3 is 2.46 bits per heavy atom. The fraction of sp³-hybridized carbons (Fsp3) is 0.318. The van der Waals surface area contributed by atoms with Crippen molar-refractivity contribution in [2.24, 2.45) is 0 Å². The number of likely N-dealkylation sites (N-methyl/N-ethyl adjacent to an activating group) is 1. The number of carbonyl (C=O) groups excluding carboxylic acids is 3. The van der Waals surface area contributed by atoms with Gasteiger partial charge in [-0.2, -0.15) is 0 Å². The van der Waals surface area contributed by atoms with Crippen LogP contribution in [0.1, 0.15) is 36.7 Å². The smallest absolute Gasteiger partial charge is 0.244 e. The van der Waals surface area contributed by atoms with E-state index in [1.165, 1.54) is 11.8 Å². The molecule has 2 aromatic rings. The van der Waals surface area contributed by atoms with E-state index < -0.39 is 6.04 Å². The van der Waals surface area contributed by atoms with E-state index in [0.717, 1.165) is 17.7 Å². The number of aryl methyl sites for hydroxylation is 1. The number of benzene rings is 2. The first-order valence-corrected chi connectivity index (χ1v) is 9.32. The number of para-hydroxylation sites is 1. The van der Waals surface area contributed by atoms with E-state index in [4.69, 9.17) is 0 Å². The highest BCUT2D eigenvalue weighted by atomic mass is 16.2. The Labute approximate surface area is 165 Å². The SMILES string of the molecule is CCc1ccccc1NC(=O)CN(C)C(=O)[C@@H](C)Nc1cccc(C(C)=O)c1. The van der Waals surface area contributed by atoms with Crippen molar-refractivity contribution in [1.82, 2.24) is 4.90 Å². The largest absolute Gasteiger partial charge is 0.374 e. The standard InChI is InChI=1S/C22H27N3O3/c1-5-17-9-6-7-12-20(17)24-21(27)14-25(4)22(28)15(2)23-19-11-8-10-18(13-19)16(3)26/h6-13,15,23H,5,14H2,1-4H3,(H,24,27)/t15-/m1/s1. The number of Topliss-reactive ketones (excluding diaryl/α,β-unsaturated/α-hetero) is 1. The van der Waals surface area contributed by atoms with E-state index in [0.29, 0.717) is 11.3 Å². The summed E-state index contributed by atoms with van der Waals surface area (Å²) in [6.07, 6.45) is 0.811. The molecule has 0 aliphatic rings. The minimum Gasteiger partial charge on any atom is -0.374 e.